The number of rotatable bonds is 4. The maximum atomic E-state index is 12.3. The summed E-state index contributed by atoms with van der Waals surface area (Å²) < 4.78 is 9.65. The minimum atomic E-state index is -0.543. The van der Waals surface area contributed by atoms with E-state index in [4.69, 9.17) is 4.74 Å². The highest BCUT2D eigenvalue weighted by atomic mass is 16.5. The van der Waals surface area contributed by atoms with E-state index in [0.29, 0.717) is 11.3 Å². The van der Waals surface area contributed by atoms with Crippen LogP contribution in [-0.2, 0) is 4.74 Å². The Bertz CT molecular complexity index is 598. The van der Waals surface area contributed by atoms with Crippen LogP contribution in [0.2, 0.25) is 0 Å². The first-order chi connectivity index (χ1) is 9.17. The molecule has 0 saturated carbocycles. The summed E-state index contributed by atoms with van der Waals surface area (Å²) in [5.74, 6) is -0.124. The average molecular weight is 259 g/mol. The third kappa shape index (κ3) is 2.49. The predicted octanol–water partition coefficient (Wildman–Crippen LogP) is 2.04. The number of hydrogen-bond donors (Lipinski definition) is 1. The highest BCUT2D eigenvalue weighted by molar-refractivity contribution is 6.14. The number of methoxy groups -OCH3 is 2. The molecule has 0 atom stereocenters. The molecular formula is C14H13NO4. The van der Waals surface area contributed by atoms with Gasteiger partial charge in [-0.3, -0.25) is 4.79 Å². The van der Waals surface area contributed by atoms with Crippen LogP contribution in [0.1, 0.15) is 26.3 Å². The molecule has 2 aromatic rings. The number of hydrogen-bond acceptors (Lipinski definition) is 4. The molecule has 0 radical (unpaired) electrons. The lowest BCUT2D eigenvalue weighted by atomic mass is 10.0. The lowest BCUT2D eigenvalue weighted by Gasteiger charge is -2.03. The van der Waals surface area contributed by atoms with Gasteiger partial charge in [-0.1, -0.05) is 0 Å². The highest BCUT2D eigenvalue weighted by Crippen LogP contribution is 2.18. The number of aromatic nitrogens is 1. The van der Waals surface area contributed by atoms with Gasteiger partial charge in [0.25, 0.3) is 0 Å². The first kappa shape index (κ1) is 12.9. The predicted molar refractivity (Wildman–Crippen MR) is 68.6 cm³/mol. The van der Waals surface area contributed by atoms with E-state index in [1.807, 2.05) is 0 Å². The summed E-state index contributed by atoms with van der Waals surface area (Å²) in [5.41, 5.74) is 0.992. The Morgan fingerprint density at radius 1 is 1.00 bits per heavy atom. The van der Waals surface area contributed by atoms with Crippen molar-refractivity contribution in [2.45, 2.75) is 0 Å². The molecule has 0 aliphatic carbocycles. The summed E-state index contributed by atoms with van der Waals surface area (Å²) in [6, 6.07) is 6.68. The van der Waals surface area contributed by atoms with Crippen LogP contribution in [-0.4, -0.2) is 31.0 Å². The molecule has 1 N–H and O–H groups in total. The van der Waals surface area contributed by atoms with Crippen LogP contribution >= 0.6 is 0 Å². The van der Waals surface area contributed by atoms with Crippen molar-refractivity contribution in [3.8, 4) is 5.75 Å². The van der Waals surface area contributed by atoms with Crippen molar-refractivity contribution in [3.05, 3.63) is 53.3 Å². The van der Waals surface area contributed by atoms with E-state index in [-0.39, 0.29) is 16.9 Å². The van der Waals surface area contributed by atoms with Crippen LogP contribution in [0.15, 0.2) is 36.7 Å². The molecular weight excluding hydrogens is 246 g/mol. The summed E-state index contributed by atoms with van der Waals surface area (Å²) in [6.07, 6.45) is 2.93. The Kier molecular flexibility index (Phi) is 3.66. The lowest BCUT2D eigenvalue weighted by molar-refractivity contribution is 0.0598. The zero-order valence-electron chi connectivity index (χ0n) is 10.6. The van der Waals surface area contributed by atoms with Gasteiger partial charge in [0.2, 0.25) is 0 Å². The SMILES string of the molecule is COC(=O)c1c[nH]cc1C(=O)c1ccc(OC)cc1. The molecule has 1 heterocycles. The van der Waals surface area contributed by atoms with E-state index in [0.717, 1.165) is 0 Å². The van der Waals surface area contributed by atoms with Crippen molar-refractivity contribution in [1.29, 1.82) is 0 Å². The van der Waals surface area contributed by atoms with Gasteiger partial charge in [-0.25, -0.2) is 4.79 Å². The first-order valence-corrected chi connectivity index (χ1v) is 5.61. The molecule has 0 spiro atoms. The van der Waals surface area contributed by atoms with Gasteiger partial charge in [-0.15, -0.1) is 0 Å². The molecule has 98 valence electrons. The number of ketones is 1. The van der Waals surface area contributed by atoms with Gasteiger partial charge in [0, 0.05) is 18.0 Å². The van der Waals surface area contributed by atoms with Gasteiger partial charge in [0.1, 0.15) is 5.75 Å². The second-order valence-electron chi connectivity index (χ2n) is 3.83. The minimum Gasteiger partial charge on any atom is -0.497 e. The lowest BCUT2D eigenvalue weighted by Crippen LogP contribution is -2.08. The van der Waals surface area contributed by atoms with E-state index in [2.05, 4.69) is 9.72 Å². The maximum Gasteiger partial charge on any atom is 0.340 e. The Morgan fingerprint density at radius 2 is 1.63 bits per heavy atom. The number of aromatic amines is 1. The second-order valence-corrected chi connectivity index (χ2v) is 3.83. The number of benzene rings is 1. The fourth-order valence-electron chi connectivity index (χ4n) is 1.73. The molecule has 0 aliphatic heterocycles. The van der Waals surface area contributed by atoms with Gasteiger partial charge >= 0.3 is 5.97 Å². The molecule has 0 unspecified atom stereocenters. The quantitative estimate of drug-likeness (QED) is 0.674. The Balaban J connectivity index is 2.33. The molecule has 5 heteroatoms. The van der Waals surface area contributed by atoms with Crippen LogP contribution in [0.4, 0.5) is 0 Å². The smallest absolute Gasteiger partial charge is 0.340 e. The van der Waals surface area contributed by atoms with Crippen LogP contribution in [0.25, 0.3) is 0 Å². The van der Waals surface area contributed by atoms with Crippen molar-refractivity contribution in [2.24, 2.45) is 0 Å². The van der Waals surface area contributed by atoms with E-state index in [1.165, 1.54) is 19.5 Å². The molecule has 0 saturated heterocycles. The van der Waals surface area contributed by atoms with E-state index in [9.17, 15) is 9.59 Å². The molecule has 0 aliphatic rings. The number of esters is 1. The van der Waals surface area contributed by atoms with Crippen LogP contribution < -0.4 is 4.74 Å². The number of carbonyl (C=O) groups excluding carboxylic acids is 2. The number of H-pyrrole nitrogens is 1. The van der Waals surface area contributed by atoms with Crippen LogP contribution in [0, 0.1) is 0 Å². The van der Waals surface area contributed by atoms with E-state index in [1.54, 1.807) is 31.4 Å². The van der Waals surface area contributed by atoms with Crippen molar-refractivity contribution < 1.29 is 19.1 Å². The molecule has 1 aromatic carbocycles. The largest absolute Gasteiger partial charge is 0.497 e. The molecule has 0 bridgehead atoms. The van der Waals surface area contributed by atoms with Crippen molar-refractivity contribution >= 4 is 11.8 Å². The fourth-order valence-corrected chi connectivity index (χ4v) is 1.73. The minimum absolute atomic E-state index is 0.225. The van der Waals surface area contributed by atoms with E-state index < -0.39 is 5.97 Å². The molecule has 19 heavy (non-hydrogen) atoms. The van der Waals surface area contributed by atoms with Gasteiger partial charge in [-0.05, 0) is 24.3 Å². The van der Waals surface area contributed by atoms with Crippen molar-refractivity contribution in [1.82, 2.24) is 4.98 Å². The Morgan fingerprint density at radius 3 is 2.21 bits per heavy atom. The summed E-state index contributed by atoms with van der Waals surface area (Å²) in [7, 11) is 2.83. The van der Waals surface area contributed by atoms with Gasteiger partial charge in [0.15, 0.2) is 5.78 Å². The second kappa shape index (κ2) is 5.39. The first-order valence-electron chi connectivity index (χ1n) is 5.61. The summed E-state index contributed by atoms with van der Waals surface area (Å²) in [5, 5.41) is 0. The fraction of sp³-hybridized carbons (Fsp3) is 0.143. The van der Waals surface area contributed by atoms with Gasteiger partial charge in [-0.2, -0.15) is 0 Å². The van der Waals surface area contributed by atoms with Crippen LogP contribution in [0.3, 0.4) is 0 Å². The Hall–Kier alpha value is -2.56. The summed E-state index contributed by atoms with van der Waals surface area (Å²) >= 11 is 0. The summed E-state index contributed by atoms with van der Waals surface area (Å²) in [6.45, 7) is 0. The molecule has 0 amide bonds. The monoisotopic (exact) mass is 259 g/mol. The zero-order chi connectivity index (χ0) is 13.8. The Labute approximate surface area is 110 Å². The topological polar surface area (TPSA) is 68.4 Å². The summed E-state index contributed by atoms with van der Waals surface area (Å²) in [4.78, 5) is 26.5. The molecule has 0 fully saturated rings. The van der Waals surface area contributed by atoms with Crippen molar-refractivity contribution in [2.75, 3.05) is 14.2 Å². The van der Waals surface area contributed by atoms with Crippen molar-refractivity contribution in [3.63, 3.8) is 0 Å². The van der Waals surface area contributed by atoms with Gasteiger partial charge in [0.05, 0.1) is 25.3 Å². The van der Waals surface area contributed by atoms with Crippen LogP contribution in [0.5, 0.6) is 5.75 Å². The third-order valence-corrected chi connectivity index (χ3v) is 2.75. The standard InChI is InChI=1S/C14H13NO4/c1-18-10-5-3-9(4-6-10)13(16)11-7-15-8-12(11)14(17)19-2/h3-8,15H,1-2H3. The molecule has 2 rings (SSSR count). The molecule has 5 nitrogen and oxygen atoms in total. The molecule has 1 aromatic heterocycles. The average Bonchev–Trinajstić information content (AvgIpc) is 2.95. The zero-order valence-corrected chi connectivity index (χ0v) is 10.6. The number of carbonyl (C=O) groups is 2. The number of ether oxygens (including phenoxy) is 2. The maximum absolute atomic E-state index is 12.3. The third-order valence-electron chi connectivity index (χ3n) is 2.75. The van der Waals surface area contributed by atoms with E-state index >= 15 is 0 Å². The normalized spacial score (nSPS) is 10.0. The van der Waals surface area contributed by atoms with Gasteiger partial charge < -0.3 is 14.5 Å². The highest BCUT2D eigenvalue weighted by Gasteiger charge is 2.19. The number of nitrogens with one attached hydrogen (secondary N) is 1.